The van der Waals surface area contributed by atoms with Gasteiger partial charge in [0.05, 0.1) is 6.54 Å². The van der Waals surface area contributed by atoms with Crippen molar-refractivity contribution in [2.75, 3.05) is 26.2 Å². The van der Waals surface area contributed by atoms with Crippen LogP contribution in [0.25, 0.3) is 0 Å². The van der Waals surface area contributed by atoms with Crippen LogP contribution in [0.3, 0.4) is 0 Å². The number of hydrogen-bond donors (Lipinski definition) is 0. The second-order valence-electron chi connectivity index (χ2n) is 5.01. The molecule has 0 unspecified atom stereocenters. The topological polar surface area (TPSA) is 6.48 Å². The SMILES string of the molecule is C=C1CN(C(C)(C)C)CCN1CC#CC. The van der Waals surface area contributed by atoms with Crippen molar-refractivity contribution in [1.82, 2.24) is 9.80 Å². The van der Waals surface area contributed by atoms with Gasteiger partial charge in [-0.2, -0.15) is 0 Å². The Morgan fingerprint density at radius 3 is 2.47 bits per heavy atom. The summed E-state index contributed by atoms with van der Waals surface area (Å²) in [5.41, 5.74) is 1.43. The normalized spacial score (nSPS) is 18.7. The summed E-state index contributed by atoms with van der Waals surface area (Å²) in [4.78, 5) is 4.74. The molecule has 1 aliphatic rings. The molecule has 0 aromatic heterocycles. The molecule has 1 rings (SSSR count). The molecule has 15 heavy (non-hydrogen) atoms. The molecule has 0 aromatic rings. The van der Waals surface area contributed by atoms with Gasteiger partial charge in [-0.1, -0.05) is 12.5 Å². The summed E-state index contributed by atoms with van der Waals surface area (Å²) >= 11 is 0. The maximum absolute atomic E-state index is 4.13. The van der Waals surface area contributed by atoms with E-state index >= 15 is 0 Å². The van der Waals surface area contributed by atoms with Crippen molar-refractivity contribution in [3.05, 3.63) is 12.3 Å². The van der Waals surface area contributed by atoms with Gasteiger partial charge in [0.25, 0.3) is 0 Å². The van der Waals surface area contributed by atoms with E-state index in [2.05, 4.69) is 49.0 Å². The van der Waals surface area contributed by atoms with E-state index in [1.54, 1.807) is 0 Å². The van der Waals surface area contributed by atoms with Crippen molar-refractivity contribution < 1.29 is 0 Å². The van der Waals surface area contributed by atoms with Gasteiger partial charge in [-0.25, -0.2) is 0 Å². The Kier molecular flexibility index (Phi) is 3.82. The first-order chi connectivity index (χ1) is 6.95. The predicted octanol–water partition coefficient (Wildman–Crippen LogP) is 1.94. The van der Waals surface area contributed by atoms with Crippen LogP contribution in [0.1, 0.15) is 27.7 Å². The van der Waals surface area contributed by atoms with Crippen LogP contribution in [0.4, 0.5) is 0 Å². The monoisotopic (exact) mass is 206 g/mol. The molecular weight excluding hydrogens is 184 g/mol. The van der Waals surface area contributed by atoms with E-state index in [0.717, 1.165) is 26.2 Å². The molecule has 2 heteroatoms. The fraction of sp³-hybridized carbons (Fsp3) is 0.692. The highest BCUT2D eigenvalue weighted by molar-refractivity contribution is 5.08. The molecule has 0 spiro atoms. The van der Waals surface area contributed by atoms with Gasteiger partial charge in [-0.15, -0.1) is 5.92 Å². The molecule has 0 N–H and O–H groups in total. The highest BCUT2D eigenvalue weighted by Crippen LogP contribution is 2.19. The van der Waals surface area contributed by atoms with Gasteiger partial charge in [0.1, 0.15) is 0 Å². The van der Waals surface area contributed by atoms with Crippen molar-refractivity contribution in [2.24, 2.45) is 0 Å². The lowest BCUT2D eigenvalue weighted by atomic mass is 10.0. The third kappa shape index (κ3) is 3.28. The standard InChI is InChI=1S/C13H22N2/c1-6-7-8-14-9-10-15(11-12(14)2)13(3,4)5/h2,8-11H2,1,3-5H3. The highest BCUT2D eigenvalue weighted by Gasteiger charge is 2.26. The van der Waals surface area contributed by atoms with Gasteiger partial charge >= 0.3 is 0 Å². The highest BCUT2D eigenvalue weighted by atomic mass is 15.3. The molecule has 0 aromatic carbocycles. The summed E-state index contributed by atoms with van der Waals surface area (Å²) in [6.07, 6.45) is 0. The van der Waals surface area contributed by atoms with E-state index in [-0.39, 0.29) is 5.54 Å². The van der Waals surface area contributed by atoms with Gasteiger partial charge < -0.3 is 4.90 Å². The maximum atomic E-state index is 4.13. The fourth-order valence-electron chi connectivity index (χ4n) is 1.74. The summed E-state index contributed by atoms with van der Waals surface area (Å²) in [5.74, 6) is 6.03. The Hall–Kier alpha value is -0.940. The molecule has 1 heterocycles. The largest absolute Gasteiger partial charge is 0.362 e. The van der Waals surface area contributed by atoms with E-state index in [1.807, 2.05) is 6.92 Å². The Labute approximate surface area is 93.9 Å². The summed E-state index contributed by atoms with van der Waals surface area (Å²) < 4.78 is 0. The molecule has 0 atom stereocenters. The van der Waals surface area contributed by atoms with Crippen molar-refractivity contribution in [2.45, 2.75) is 33.2 Å². The molecule has 0 saturated carbocycles. The van der Waals surface area contributed by atoms with E-state index in [9.17, 15) is 0 Å². The van der Waals surface area contributed by atoms with Crippen LogP contribution in [0.5, 0.6) is 0 Å². The quantitative estimate of drug-likeness (QED) is 0.605. The zero-order valence-electron chi connectivity index (χ0n) is 10.4. The minimum atomic E-state index is 0.242. The minimum Gasteiger partial charge on any atom is -0.362 e. The van der Waals surface area contributed by atoms with Crippen LogP contribution in [0, 0.1) is 11.8 Å². The Morgan fingerprint density at radius 2 is 2.00 bits per heavy atom. The van der Waals surface area contributed by atoms with Crippen LogP contribution in [0.15, 0.2) is 12.3 Å². The lowest BCUT2D eigenvalue weighted by Gasteiger charge is -2.43. The van der Waals surface area contributed by atoms with Gasteiger partial charge in [-0.05, 0) is 27.7 Å². The minimum absolute atomic E-state index is 0.242. The average molecular weight is 206 g/mol. The lowest BCUT2D eigenvalue weighted by molar-refractivity contribution is 0.0966. The predicted molar refractivity (Wildman–Crippen MR) is 65.5 cm³/mol. The molecule has 1 aliphatic heterocycles. The zero-order valence-corrected chi connectivity index (χ0v) is 10.4. The van der Waals surface area contributed by atoms with Crippen molar-refractivity contribution in [3.63, 3.8) is 0 Å². The van der Waals surface area contributed by atoms with Gasteiger partial charge in [0, 0.05) is 30.9 Å². The molecule has 1 saturated heterocycles. The fourth-order valence-corrected chi connectivity index (χ4v) is 1.74. The molecule has 1 fully saturated rings. The first-order valence-electron chi connectivity index (χ1n) is 5.52. The Bertz CT molecular complexity index is 288. The number of rotatable bonds is 1. The second kappa shape index (κ2) is 4.72. The summed E-state index contributed by atoms with van der Waals surface area (Å²) in [6.45, 7) is 16.7. The first-order valence-corrected chi connectivity index (χ1v) is 5.52. The molecule has 0 radical (unpaired) electrons. The van der Waals surface area contributed by atoms with Gasteiger partial charge in [0.15, 0.2) is 0 Å². The third-order valence-corrected chi connectivity index (χ3v) is 2.86. The van der Waals surface area contributed by atoms with Crippen molar-refractivity contribution in [3.8, 4) is 11.8 Å². The lowest BCUT2D eigenvalue weighted by Crippen LogP contribution is -2.52. The Morgan fingerprint density at radius 1 is 1.33 bits per heavy atom. The van der Waals surface area contributed by atoms with Crippen LogP contribution < -0.4 is 0 Å². The van der Waals surface area contributed by atoms with Crippen LogP contribution in [-0.2, 0) is 0 Å². The molecule has 2 nitrogen and oxygen atoms in total. The van der Waals surface area contributed by atoms with Crippen LogP contribution in [-0.4, -0.2) is 41.5 Å². The summed E-state index contributed by atoms with van der Waals surface area (Å²) in [7, 11) is 0. The van der Waals surface area contributed by atoms with Gasteiger partial charge in [0.2, 0.25) is 0 Å². The van der Waals surface area contributed by atoms with Crippen LogP contribution in [0.2, 0.25) is 0 Å². The van der Waals surface area contributed by atoms with Crippen molar-refractivity contribution in [1.29, 1.82) is 0 Å². The third-order valence-electron chi connectivity index (χ3n) is 2.86. The second-order valence-corrected chi connectivity index (χ2v) is 5.01. The van der Waals surface area contributed by atoms with E-state index in [0.29, 0.717) is 0 Å². The molecular formula is C13H22N2. The Balaban J connectivity index is 2.54. The van der Waals surface area contributed by atoms with Gasteiger partial charge in [-0.3, -0.25) is 4.90 Å². The molecule has 0 bridgehead atoms. The molecule has 84 valence electrons. The van der Waals surface area contributed by atoms with E-state index in [1.165, 1.54) is 5.70 Å². The summed E-state index contributed by atoms with van der Waals surface area (Å²) in [5, 5.41) is 0. The zero-order chi connectivity index (χ0) is 11.5. The molecule has 0 amide bonds. The molecule has 0 aliphatic carbocycles. The smallest absolute Gasteiger partial charge is 0.0792 e. The number of piperazine rings is 1. The summed E-state index contributed by atoms with van der Waals surface area (Å²) in [6, 6.07) is 0. The van der Waals surface area contributed by atoms with E-state index < -0.39 is 0 Å². The number of nitrogens with zero attached hydrogens (tertiary/aromatic N) is 2. The first kappa shape index (κ1) is 12.1. The number of hydrogen-bond acceptors (Lipinski definition) is 2. The van der Waals surface area contributed by atoms with E-state index in [4.69, 9.17) is 0 Å². The average Bonchev–Trinajstić information content (AvgIpc) is 2.14. The maximum Gasteiger partial charge on any atom is 0.0792 e. The van der Waals surface area contributed by atoms with Crippen molar-refractivity contribution >= 4 is 0 Å². The van der Waals surface area contributed by atoms with Crippen LogP contribution >= 0.6 is 0 Å².